The van der Waals surface area contributed by atoms with Gasteiger partial charge in [0, 0.05) is 12.7 Å². The van der Waals surface area contributed by atoms with E-state index in [1.807, 2.05) is 0 Å². The van der Waals surface area contributed by atoms with Crippen LogP contribution in [0.3, 0.4) is 0 Å². The number of hydrogen-bond donors (Lipinski definition) is 0. The molecule has 3 aliphatic carbocycles. The van der Waals surface area contributed by atoms with Crippen molar-refractivity contribution < 1.29 is 23.7 Å². The zero-order valence-corrected chi connectivity index (χ0v) is 15.8. The molecule has 1 saturated carbocycles. The van der Waals surface area contributed by atoms with Crippen molar-refractivity contribution in [3.8, 4) is 0 Å². The molecule has 0 radical (unpaired) electrons. The van der Waals surface area contributed by atoms with Gasteiger partial charge >= 0.3 is 5.97 Å². The van der Waals surface area contributed by atoms with E-state index in [4.69, 9.17) is 18.9 Å². The first-order valence-corrected chi connectivity index (χ1v) is 9.90. The lowest BCUT2D eigenvalue weighted by Crippen LogP contribution is -2.58. The number of carbonyl (C=O) groups excluding carboxylic acids is 1. The van der Waals surface area contributed by atoms with Crippen LogP contribution in [0.15, 0.2) is 22.8 Å². The quantitative estimate of drug-likeness (QED) is 0.431. The van der Waals surface area contributed by atoms with Crippen molar-refractivity contribution in [3.05, 3.63) is 22.8 Å². The van der Waals surface area contributed by atoms with Crippen LogP contribution in [0.1, 0.15) is 40.0 Å². The number of carbonyl (C=O) groups is 1. The van der Waals surface area contributed by atoms with E-state index < -0.39 is 0 Å². The summed E-state index contributed by atoms with van der Waals surface area (Å²) < 4.78 is 24.2. The number of methoxy groups -OCH3 is 1. The summed E-state index contributed by atoms with van der Waals surface area (Å²) in [5, 5.41) is 0. The smallest absolute Gasteiger partial charge is 0.334 e. The second kappa shape index (κ2) is 4.45. The van der Waals surface area contributed by atoms with Crippen molar-refractivity contribution >= 4 is 5.97 Å². The van der Waals surface area contributed by atoms with Crippen molar-refractivity contribution in [1.29, 1.82) is 0 Å². The Balaban J connectivity index is 1.49. The molecule has 140 valence electrons. The predicted molar refractivity (Wildman–Crippen MR) is 92.4 cm³/mol. The lowest BCUT2D eigenvalue weighted by Gasteiger charge is -2.51. The molecule has 26 heavy (non-hydrogen) atoms. The van der Waals surface area contributed by atoms with Gasteiger partial charge in [-0.15, -0.1) is 0 Å². The topological polar surface area (TPSA) is 60.6 Å². The van der Waals surface area contributed by atoms with E-state index >= 15 is 0 Å². The first kappa shape index (κ1) is 15.8. The van der Waals surface area contributed by atoms with Gasteiger partial charge in [0.05, 0.1) is 6.10 Å². The van der Waals surface area contributed by atoms with Gasteiger partial charge in [0.15, 0.2) is 0 Å². The zero-order chi connectivity index (χ0) is 18.1. The van der Waals surface area contributed by atoms with Crippen LogP contribution in [0.4, 0.5) is 0 Å². The number of cyclic esters (lactones) is 1. The van der Waals surface area contributed by atoms with Gasteiger partial charge in [0.2, 0.25) is 0 Å². The number of esters is 1. The van der Waals surface area contributed by atoms with Crippen LogP contribution in [-0.2, 0) is 23.7 Å². The van der Waals surface area contributed by atoms with Crippen LogP contribution in [0.2, 0.25) is 0 Å². The minimum absolute atomic E-state index is 0.00825. The molecule has 3 fully saturated rings. The summed E-state index contributed by atoms with van der Waals surface area (Å²) >= 11 is 0. The molecule has 6 rings (SSSR count). The van der Waals surface area contributed by atoms with Gasteiger partial charge in [0.1, 0.15) is 30.0 Å². The fourth-order valence-electron chi connectivity index (χ4n) is 6.88. The van der Waals surface area contributed by atoms with E-state index in [9.17, 15) is 4.79 Å². The number of epoxide rings is 2. The fourth-order valence-corrected chi connectivity index (χ4v) is 6.88. The third-order valence-corrected chi connectivity index (χ3v) is 8.30. The third kappa shape index (κ3) is 1.48. The average Bonchev–Trinajstić information content (AvgIpc) is 3.47. The van der Waals surface area contributed by atoms with E-state index in [1.54, 1.807) is 7.11 Å². The molecule has 0 N–H and O–H groups in total. The Morgan fingerprint density at radius 2 is 2.12 bits per heavy atom. The second-order valence-electron chi connectivity index (χ2n) is 9.43. The van der Waals surface area contributed by atoms with E-state index in [1.165, 1.54) is 11.1 Å². The summed E-state index contributed by atoms with van der Waals surface area (Å²) in [7, 11) is 1.80. The summed E-state index contributed by atoms with van der Waals surface area (Å²) in [4.78, 5) is 12.1. The van der Waals surface area contributed by atoms with E-state index in [-0.39, 0.29) is 40.9 Å². The van der Waals surface area contributed by atoms with Gasteiger partial charge < -0.3 is 18.9 Å². The molecule has 2 saturated heterocycles. The molecule has 1 spiro atoms. The van der Waals surface area contributed by atoms with E-state index in [2.05, 4.69) is 26.8 Å². The predicted octanol–water partition coefficient (Wildman–Crippen LogP) is 2.55. The van der Waals surface area contributed by atoms with Crippen molar-refractivity contribution in [2.24, 2.45) is 17.3 Å². The summed E-state index contributed by atoms with van der Waals surface area (Å²) in [5.74, 6) is 0.598. The number of fused-ring (bicyclic) bond motifs is 4. The third-order valence-electron chi connectivity index (χ3n) is 8.30. The first-order valence-electron chi connectivity index (χ1n) is 9.90. The average molecular weight is 358 g/mol. The van der Waals surface area contributed by atoms with Gasteiger partial charge in [-0.05, 0) is 47.7 Å². The summed E-state index contributed by atoms with van der Waals surface area (Å²) in [6, 6.07) is 0. The molecule has 3 aliphatic heterocycles. The summed E-state index contributed by atoms with van der Waals surface area (Å²) in [6.45, 7) is 7.25. The lowest BCUT2D eigenvalue weighted by atomic mass is 9.51. The molecule has 0 aromatic rings. The van der Waals surface area contributed by atoms with Gasteiger partial charge in [-0.25, -0.2) is 4.79 Å². The molecule has 5 heteroatoms. The Kier molecular flexibility index (Phi) is 2.71. The fraction of sp³-hybridized carbons (Fsp3) is 0.762. The molecule has 7 atom stereocenters. The zero-order valence-electron chi connectivity index (χ0n) is 15.8. The molecule has 0 aromatic carbocycles. The van der Waals surface area contributed by atoms with Crippen LogP contribution in [0.5, 0.6) is 0 Å². The molecule has 0 aromatic heterocycles. The first-order chi connectivity index (χ1) is 12.4. The molecular formula is C21H26O5. The number of rotatable bonds is 2. The van der Waals surface area contributed by atoms with Gasteiger partial charge in [-0.1, -0.05) is 26.8 Å². The van der Waals surface area contributed by atoms with Crippen molar-refractivity contribution in [2.75, 3.05) is 13.7 Å². The molecule has 0 unspecified atom stereocenters. The minimum atomic E-state index is -0.335. The number of ether oxygens (including phenoxy) is 4. The van der Waals surface area contributed by atoms with E-state index in [0.717, 1.165) is 24.8 Å². The highest BCUT2D eigenvalue weighted by Crippen LogP contribution is 2.72. The van der Waals surface area contributed by atoms with Crippen LogP contribution >= 0.6 is 0 Å². The molecule has 0 amide bonds. The lowest BCUT2D eigenvalue weighted by molar-refractivity contribution is -0.136. The molecule has 6 aliphatic rings. The van der Waals surface area contributed by atoms with Crippen LogP contribution < -0.4 is 0 Å². The SMILES string of the molecule is CO[C@H]1[C@]23O[C@H]2C[C@H]2C4=C(CC[C@]2(C)C3=C[C@@H]2O[C@@]21C(C)C)C(=O)OC4. The summed E-state index contributed by atoms with van der Waals surface area (Å²) in [6.07, 6.45) is 5.28. The normalized spacial score (nSPS) is 53.1. The Labute approximate surface area is 153 Å². The van der Waals surface area contributed by atoms with Crippen LogP contribution in [0.25, 0.3) is 0 Å². The monoisotopic (exact) mass is 358 g/mol. The largest absolute Gasteiger partial charge is 0.458 e. The standard InChI is InChI=1S/C21H26O5/c1-10(2)20-16(25-20)8-14-19(3)6-5-11-12(9-24-17(11)22)13(19)7-15-21(14,26-15)18(20)23-4/h8,10,13,15-16,18H,5-7,9H2,1-4H3/t13-,15-,16-,18+,19-,20-,21+/m0/s1. The Morgan fingerprint density at radius 1 is 1.31 bits per heavy atom. The Hall–Kier alpha value is -1.17. The highest BCUT2D eigenvalue weighted by molar-refractivity contribution is 5.92. The van der Waals surface area contributed by atoms with Crippen LogP contribution in [0, 0.1) is 17.3 Å². The van der Waals surface area contributed by atoms with Crippen LogP contribution in [-0.4, -0.2) is 49.2 Å². The second-order valence-corrected chi connectivity index (χ2v) is 9.43. The maximum absolute atomic E-state index is 12.1. The molecular weight excluding hydrogens is 332 g/mol. The van der Waals surface area contributed by atoms with Crippen molar-refractivity contribution in [2.45, 2.75) is 69.5 Å². The highest BCUT2D eigenvalue weighted by atomic mass is 16.7. The maximum atomic E-state index is 12.1. The summed E-state index contributed by atoms with van der Waals surface area (Å²) in [5.41, 5.74) is 2.93. The maximum Gasteiger partial charge on any atom is 0.334 e. The number of hydrogen-bond acceptors (Lipinski definition) is 5. The van der Waals surface area contributed by atoms with Crippen molar-refractivity contribution in [3.63, 3.8) is 0 Å². The Morgan fingerprint density at radius 3 is 2.85 bits per heavy atom. The van der Waals surface area contributed by atoms with Gasteiger partial charge in [-0.3, -0.25) is 0 Å². The minimum Gasteiger partial charge on any atom is -0.458 e. The molecule has 0 bridgehead atoms. The van der Waals surface area contributed by atoms with Crippen molar-refractivity contribution in [1.82, 2.24) is 0 Å². The molecule has 5 nitrogen and oxygen atoms in total. The Bertz CT molecular complexity index is 796. The molecule has 3 heterocycles. The van der Waals surface area contributed by atoms with Gasteiger partial charge in [0.25, 0.3) is 0 Å². The van der Waals surface area contributed by atoms with Gasteiger partial charge in [-0.2, -0.15) is 0 Å². The van der Waals surface area contributed by atoms with E-state index in [0.29, 0.717) is 18.4 Å². The highest BCUT2D eigenvalue weighted by Gasteiger charge is 2.82.